The molecule has 2 aromatic carbocycles. The molecule has 0 bridgehead atoms. The fraction of sp³-hybridized carbons (Fsp3) is 0.167. The summed E-state index contributed by atoms with van der Waals surface area (Å²) in [6.07, 6.45) is -3.64. The molecule has 136 valence electrons. The van der Waals surface area contributed by atoms with Crippen LogP contribution in [0.25, 0.3) is 6.08 Å². The van der Waals surface area contributed by atoms with E-state index >= 15 is 0 Å². The summed E-state index contributed by atoms with van der Waals surface area (Å²) in [7, 11) is -4.43. The van der Waals surface area contributed by atoms with E-state index in [2.05, 4.69) is 0 Å². The Labute approximate surface area is 148 Å². The van der Waals surface area contributed by atoms with Crippen LogP contribution in [0, 0.1) is 25.2 Å². The second-order valence-corrected chi connectivity index (χ2v) is 7.57. The van der Waals surface area contributed by atoms with E-state index in [0.717, 1.165) is 24.3 Å². The Hall–Kier alpha value is -2.79. The van der Waals surface area contributed by atoms with Crippen LogP contribution in [-0.4, -0.2) is 13.5 Å². The van der Waals surface area contributed by atoms with Gasteiger partial charge in [0.05, 0.1) is 10.5 Å². The minimum atomic E-state index is -4.70. The third-order valence-corrected chi connectivity index (χ3v) is 5.35. The van der Waals surface area contributed by atoms with Gasteiger partial charge in [-0.25, -0.2) is 8.42 Å². The average Bonchev–Trinajstić information content (AvgIpc) is 2.56. The van der Waals surface area contributed by atoms with Crippen LogP contribution in [0.4, 0.5) is 13.2 Å². The normalized spacial score (nSPS) is 12.7. The molecule has 2 rings (SSSR count). The Bertz CT molecular complexity index is 1010. The highest BCUT2D eigenvalue weighted by molar-refractivity contribution is 7.95. The van der Waals surface area contributed by atoms with Gasteiger partial charge in [-0.3, -0.25) is 0 Å². The van der Waals surface area contributed by atoms with Crippen LogP contribution >= 0.6 is 0 Å². The van der Waals surface area contributed by atoms with Crippen molar-refractivity contribution in [3.05, 3.63) is 63.6 Å². The van der Waals surface area contributed by atoms with Crippen molar-refractivity contribution < 1.29 is 26.7 Å². The number of hydrogen-bond donors (Lipinski definition) is 1. The molecule has 0 saturated carbocycles. The van der Waals surface area contributed by atoms with E-state index in [1.807, 2.05) is 0 Å². The standard InChI is InChI=1S/C18H14F3NO3S/c1-11-6-13(7-12(2)17(11)23)8-16(10-22)26(24,25)15-5-3-4-14(9-15)18(19,20)21/h3-9,23H,1-2H3/b16-8-. The van der Waals surface area contributed by atoms with Crippen LogP contribution in [0.2, 0.25) is 0 Å². The highest BCUT2D eigenvalue weighted by atomic mass is 32.2. The first-order valence-electron chi connectivity index (χ1n) is 7.31. The molecule has 26 heavy (non-hydrogen) atoms. The number of aromatic hydroxyl groups is 1. The van der Waals surface area contributed by atoms with Gasteiger partial charge in [0, 0.05) is 0 Å². The second-order valence-electron chi connectivity index (χ2n) is 5.65. The Morgan fingerprint density at radius 3 is 2.23 bits per heavy atom. The first kappa shape index (κ1) is 19.5. The highest BCUT2D eigenvalue weighted by Gasteiger charge is 2.32. The van der Waals surface area contributed by atoms with E-state index in [-0.39, 0.29) is 5.75 Å². The number of hydrogen-bond acceptors (Lipinski definition) is 4. The van der Waals surface area contributed by atoms with E-state index in [9.17, 15) is 32.0 Å². The van der Waals surface area contributed by atoms with Gasteiger partial charge in [-0.1, -0.05) is 6.07 Å². The molecule has 4 nitrogen and oxygen atoms in total. The quantitative estimate of drug-likeness (QED) is 0.801. The van der Waals surface area contributed by atoms with Crippen LogP contribution in [0.15, 0.2) is 46.2 Å². The first-order valence-corrected chi connectivity index (χ1v) is 8.79. The molecule has 0 saturated heterocycles. The van der Waals surface area contributed by atoms with E-state index in [4.69, 9.17) is 0 Å². The second kappa shape index (κ2) is 6.84. The summed E-state index contributed by atoms with van der Waals surface area (Å²) >= 11 is 0. The number of benzene rings is 2. The van der Waals surface area contributed by atoms with Crippen molar-refractivity contribution >= 4 is 15.9 Å². The van der Waals surface area contributed by atoms with Crippen molar-refractivity contribution in [3.8, 4) is 11.8 Å². The van der Waals surface area contributed by atoms with E-state index in [0.29, 0.717) is 22.8 Å². The van der Waals surface area contributed by atoms with Gasteiger partial charge in [0.1, 0.15) is 16.7 Å². The predicted octanol–water partition coefficient (Wildman–Crippen LogP) is 4.37. The zero-order valence-corrected chi connectivity index (χ0v) is 14.6. The summed E-state index contributed by atoms with van der Waals surface area (Å²) in [4.78, 5) is -1.31. The van der Waals surface area contributed by atoms with Gasteiger partial charge in [0.2, 0.25) is 9.84 Å². The Morgan fingerprint density at radius 1 is 1.15 bits per heavy atom. The van der Waals surface area contributed by atoms with Gasteiger partial charge < -0.3 is 5.11 Å². The Kier molecular flexibility index (Phi) is 5.14. The van der Waals surface area contributed by atoms with Gasteiger partial charge in [0.25, 0.3) is 0 Å². The van der Waals surface area contributed by atoms with Crippen LogP contribution in [0.3, 0.4) is 0 Å². The molecular formula is C18H14F3NO3S. The number of aryl methyl sites for hydroxylation is 2. The lowest BCUT2D eigenvalue weighted by Crippen LogP contribution is -2.08. The van der Waals surface area contributed by atoms with Crippen LogP contribution < -0.4 is 0 Å². The lowest BCUT2D eigenvalue weighted by molar-refractivity contribution is -0.137. The molecule has 0 aliphatic heterocycles. The molecule has 1 N–H and O–H groups in total. The summed E-state index contributed by atoms with van der Waals surface area (Å²) in [6, 6.07) is 7.70. The Morgan fingerprint density at radius 2 is 1.73 bits per heavy atom. The highest BCUT2D eigenvalue weighted by Crippen LogP contribution is 2.32. The SMILES string of the molecule is Cc1cc(/C=C(/C#N)S(=O)(=O)c2cccc(C(F)(F)F)c2)cc(C)c1O. The zero-order valence-electron chi connectivity index (χ0n) is 13.8. The van der Waals surface area contributed by atoms with E-state index in [1.165, 1.54) is 18.2 Å². The maximum atomic E-state index is 12.8. The van der Waals surface area contributed by atoms with Crippen molar-refractivity contribution in [3.63, 3.8) is 0 Å². The molecule has 0 radical (unpaired) electrons. The van der Waals surface area contributed by atoms with Gasteiger partial charge in [-0.2, -0.15) is 18.4 Å². The number of halogens is 3. The molecule has 0 spiro atoms. The number of phenolic OH excluding ortho intramolecular Hbond substituents is 1. The summed E-state index contributed by atoms with van der Waals surface area (Å²) in [5, 5.41) is 19.0. The molecule has 0 amide bonds. The number of allylic oxidation sites excluding steroid dienone is 1. The average molecular weight is 381 g/mol. The third-order valence-electron chi connectivity index (χ3n) is 3.68. The van der Waals surface area contributed by atoms with Crippen molar-refractivity contribution in [1.82, 2.24) is 0 Å². The number of rotatable bonds is 3. The van der Waals surface area contributed by atoms with E-state index < -0.39 is 31.4 Å². The van der Waals surface area contributed by atoms with Crippen molar-refractivity contribution in [2.24, 2.45) is 0 Å². The largest absolute Gasteiger partial charge is 0.507 e. The fourth-order valence-electron chi connectivity index (χ4n) is 2.36. The third kappa shape index (κ3) is 3.89. The minimum absolute atomic E-state index is 0.0430. The fourth-order valence-corrected chi connectivity index (χ4v) is 3.57. The summed E-state index contributed by atoms with van der Waals surface area (Å²) in [6.45, 7) is 3.21. The van der Waals surface area contributed by atoms with Crippen LogP contribution in [0.5, 0.6) is 5.75 Å². The van der Waals surface area contributed by atoms with Gasteiger partial charge in [-0.15, -0.1) is 0 Å². The lowest BCUT2D eigenvalue weighted by Gasteiger charge is -2.09. The number of sulfone groups is 1. The molecule has 8 heteroatoms. The summed E-state index contributed by atoms with van der Waals surface area (Å²) < 4.78 is 63.6. The molecule has 0 aromatic heterocycles. The van der Waals surface area contributed by atoms with Crippen molar-refractivity contribution in [2.75, 3.05) is 0 Å². The maximum absolute atomic E-state index is 12.8. The van der Waals surface area contributed by atoms with Crippen molar-refractivity contribution in [2.45, 2.75) is 24.9 Å². The maximum Gasteiger partial charge on any atom is 0.416 e. The zero-order chi connectivity index (χ0) is 19.7. The molecule has 2 aromatic rings. The van der Waals surface area contributed by atoms with Gasteiger partial charge in [0.15, 0.2) is 0 Å². The van der Waals surface area contributed by atoms with Crippen LogP contribution in [0.1, 0.15) is 22.3 Å². The molecule has 0 fully saturated rings. The van der Waals surface area contributed by atoms with Gasteiger partial charge >= 0.3 is 6.18 Å². The lowest BCUT2D eigenvalue weighted by atomic mass is 10.1. The van der Waals surface area contributed by atoms with Gasteiger partial charge in [-0.05, 0) is 66.9 Å². The van der Waals surface area contributed by atoms with E-state index in [1.54, 1.807) is 13.8 Å². The monoisotopic (exact) mass is 381 g/mol. The molecule has 0 unspecified atom stereocenters. The molecule has 0 heterocycles. The van der Waals surface area contributed by atoms with Crippen molar-refractivity contribution in [1.29, 1.82) is 5.26 Å². The summed E-state index contributed by atoms with van der Waals surface area (Å²) in [5.41, 5.74) is 0.173. The predicted molar refractivity (Wildman–Crippen MR) is 89.8 cm³/mol. The number of alkyl halides is 3. The topological polar surface area (TPSA) is 78.2 Å². The summed E-state index contributed by atoms with van der Waals surface area (Å²) in [5.74, 6) is 0.0430. The molecule has 0 atom stereocenters. The number of nitrogens with zero attached hydrogens (tertiary/aromatic N) is 1. The number of phenols is 1. The smallest absolute Gasteiger partial charge is 0.416 e. The molecule has 0 aliphatic rings. The molecular weight excluding hydrogens is 367 g/mol. The minimum Gasteiger partial charge on any atom is -0.507 e. The molecule has 0 aliphatic carbocycles. The van der Waals surface area contributed by atoms with Crippen LogP contribution in [-0.2, 0) is 16.0 Å². The number of nitriles is 1. The Balaban J connectivity index is 2.58. The first-order chi connectivity index (χ1) is 12.0.